The number of hydrogen-bond acceptors (Lipinski definition) is 3. The number of hydrogen-bond donors (Lipinski definition) is 4. The topological polar surface area (TPSA) is 115 Å². The Morgan fingerprint density at radius 2 is 2.12 bits per heavy atom. The number of amides is 1. The van der Waals surface area contributed by atoms with Crippen molar-refractivity contribution in [3.8, 4) is 0 Å². The van der Waals surface area contributed by atoms with Crippen LogP contribution in [0, 0.1) is 5.92 Å². The molecule has 1 aromatic rings. The van der Waals surface area contributed by atoms with Gasteiger partial charge in [-0.05, 0) is 12.3 Å². The van der Waals surface area contributed by atoms with Crippen LogP contribution in [0.3, 0.4) is 0 Å². The molecule has 0 aliphatic heterocycles. The third-order valence-corrected chi connectivity index (χ3v) is 2.15. The number of H-pyrrole nitrogens is 2. The van der Waals surface area contributed by atoms with Gasteiger partial charge in [0.05, 0.1) is 0 Å². The second-order valence-electron chi connectivity index (χ2n) is 4.15. The third kappa shape index (κ3) is 3.78. The fourth-order valence-electron chi connectivity index (χ4n) is 1.38. The van der Waals surface area contributed by atoms with Crippen molar-refractivity contribution in [1.29, 1.82) is 0 Å². The van der Waals surface area contributed by atoms with E-state index in [0.717, 1.165) is 0 Å². The number of imidazole rings is 1. The summed E-state index contributed by atoms with van der Waals surface area (Å²) in [5, 5.41) is 11.3. The predicted molar refractivity (Wildman–Crippen MR) is 59.8 cm³/mol. The van der Waals surface area contributed by atoms with Crippen LogP contribution in [-0.2, 0) is 4.79 Å². The summed E-state index contributed by atoms with van der Waals surface area (Å²) in [6.07, 6.45) is 1.53. The highest BCUT2D eigenvalue weighted by Crippen LogP contribution is 2.05. The van der Waals surface area contributed by atoms with Crippen molar-refractivity contribution < 1.29 is 14.7 Å². The lowest BCUT2D eigenvalue weighted by atomic mass is 10.0. The van der Waals surface area contributed by atoms with E-state index in [9.17, 15) is 14.4 Å². The van der Waals surface area contributed by atoms with Gasteiger partial charge >= 0.3 is 11.7 Å². The first kappa shape index (κ1) is 13.0. The van der Waals surface area contributed by atoms with E-state index in [-0.39, 0.29) is 11.6 Å². The second kappa shape index (κ2) is 5.33. The predicted octanol–water partition coefficient (Wildman–Crippen LogP) is -0.0679. The van der Waals surface area contributed by atoms with Gasteiger partial charge in [-0.2, -0.15) is 0 Å². The minimum absolute atomic E-state index is 0.0185. The molecule has 0 spiro atoms. The van der Waals surface area contributed by atoms with Crippen LogP contribution in [0.15, 0.2) is 11.0 Å². The first-order valence-corrected chi connectivity index (χ1v) is 5.21. The molecule has 0 saturated heterocycles. The van der Waals surface area contributed by atoms with Gasteiger partial charge in [0.15, 0.2) is 0 Å². The Bertz CT molecular complexity index is 460. The average molecular weight is 241 g/mol. The van der Waals surface area contributed by atoms with Gasteiger partial charge in [0, 0.05) is 6.20 Å². The van der Waals surface area contributed by atoms with Crippen molar-refractivity contribution in [1.82, 2.24) is 15.3 Å². The molecule has 1 aromatic heterocycles. The highest BCUT2D eigenvalue weighted by Gasteiger charge is 2.22. The fraction of sp³-hybridized carbons (Fsp3) is 0.500. The Morgan fingerprint density at radius 1 is 1.47 bits per heavy atom. The number of nitrogens with one attached hydrogen (secondary N) is 3. The summed E-state index contributed by atoms with van der Waals surface area (Å²) >= 11 is 0. The van der Waals surface area contributed by atoms with Gasteiger partial charge in [-0.1, -0.05) is 13.8 Å². The van der Waals surface area contributed by atoms with Crippen LogP contribution < -0.4 is 11.0 Å². The first-order chi connectivity index (χ1) is 7.90. The molecule has 0 fully saturated rings. The van der Waals surface area contributed by atoms with Crippen LogP contribution in [0.25, 0.3) is 0 Å². The van der Waals surface area contributed by atoms with Gasteiger partial charge in [0.2, 0.25) is 0 Å². The third-order valence-electron chi connectivity index (χ3n) is 2.15. The molecule has 0 radical (unpaired) electrons. The molecular weight excluding hydrogens is 226 g/mol. The molecule has 1 amide bonds. The van der Waals surface area contributed by atoms with E-state index in [1.54, 1.807) is 0 Å². The van der Waals surface area contributed by atoms with Crippen molar-refractivity contribution in [2.45, 2.75) is 26.3 Å². The normalized spacial score (nSPS) is 12.4. The van der Waals surface area contributed by atoms with Crippen LogP contribution in [0.5, 0.6) is 0 Å². The fourth-order valence-corrected chi connectivity index (χ4v) is 1.38. The number of aromatic amines is 2. The molecule has 1 rings (SSSR count). The molecule has 7 heteroatoms. The molecule has 0 bridgehead atoms. The first-order valence-electron chi connectivity index (χ1n) is 5.21. The van der Waals surface area contributed by atoms with Crippen LogP contribution in [-0.4, -0.2) is 33.0 Å². The lowest BCUT2D eigenvalue weighted by Gasteiger charge is -2.15. The minimum atomic E-state index is -1.09. The maximum Gasteiger partial charge on any atom is 0.326 e. The average Bonchev–Trinajstić information content (AvgIpc) is 2.63. The standard InChI is InChI=1S/C10H15N3O4/c1-5(2)3-6(9(15)16)12-8(14)7-4-11-10(17)13-7/h4-6H,3H2,1-2H3,(H,12,14)(H,15,16)(H2,11,13,17). The van der Waals surface area contributed by atoms with Gasteiger partial charge in [0.25, 0.3) is 5.91 Å². The quantitative estimate of drug-likeness (QED) is 0.577. The Kier molecular flexibility index (Phi) is 4.08. The number of carboxylic acid groups (broad SMARTS) is 1. The summed E-state index contributed by atoms with van der Waals surface area (Å²) in [4.78, 5) is 37.8. The molecule has 0 saturated carbocycles. The van der Waals surface area contributed by atoms with E-state index in [2.05, 4.69) is 15.3 Å². The molecule has 0 aromatic carbocycles. The van der Waals surface area contributed by atoms with Gasteiger partial charge < -0.3 is 20.4 Å². The number of carboxylic acids is 1. The van der Waals surface area contributed by atoms with E-state index in [1.807, 2.05) is 13.8 Å². The van der Waals surface area contributed by atoms with Gasteiger partial charge in [-0.15, -0.1) is 0 Å². The zero-order chi connectivity index (χ0) is 13.0. The minimum Gasteiger partial charge on any atom is -0.480 e. The van der Waals surface area contributed by atoms with E-state index < -0.39 is 23.6 Å². The number of carbonyl (C=O) groups is 2. The van der Waals surface area contributed by atoms with Crippen LogP contribution in [0.4, 0.5) is 0 Å². The zero-order valence-electron chi connectivity index (χ0n) is 9.61. The summed E-state index contributed by atoms with van der Waals surface area (Å²) in [5.74, 6) is -1.57. The van der Waals surface area contributed by atoms with Gasteiger partial charge in [-0.25, -0.2) is 9.59 Å². The van der Waals surface area contributed by atoms with Crippen LogP contribution in [0.2, 0.25) is 0 Å². The molecular formula is C10H15N3O4. The summed E-state index contributed by atoms with van der Waals surface area (Å²) in [6, 6.07) is -0.957. The molecule has 17 heavy (non-hydrogen) atoms. The van der Waals surface area contributed by atoms with E-state index in [1.165, 1.54) is 6.20 Å². The van der Waals surface area contributed by atoms with Crippen LogP contribution >= 0.6 is 0 Å². The van der Waals surface area contributed by atoms with Crippen molar-refractivity contribution in [2.24, 2.45) is 5.92 Å². The van der Waals surface area contributed by atoms with E-state index in [4.69, 9.17) is 5.11 Å². The van der Waals surface area contributed by atoms with Crippen molar-refractivity contribution >= 4 is 11.9 Å². The van der Waals surface area contributed by atoms with Gasteiger partial charge in [0.1, 0.15) is 11.7 Å². The van der Waals surface area contributed by atoms with E-state index >= 15 is 0 Å². The number of rotatable bonds is 5. The molecule has 0 aliphatic carbocycles. The highest BCUT2D eigenvalue weighted by atomic mass is 16.4. The highest BCUT2D eigenvalue weighted by molar-refractivity contribution is 5.94. The molecule has 1 heterocycles. The van der Waals surface area contributed by atoms with E-state index in [0.29, 0.717) is 6.42 Å². The Labute approximate surface area is 97.2 Å². The summed E-state index contributed by atoms with van der Waals surface area (Å²) in [6.45, 7) is 3.72. The molecule has 1 unspecified atom stereocenters. The van der Waals surface area contributed by atoms with Gasteiger partial charge in [-0.3, -0.25) is 4.79 Å². The maximum absolute atomic E-state index is 11.6. The summed E-state index contributed by atoms with van der Waals surface area (Å²) in [7, 11) is 0. The second-order valence-corrected chi connectivity index (χ2v) is 4.15. The molecule has 0 aliphatic rings. The molecule has 1 atom stereocenters. The smallest absolute Gasteiger partial charge is 0.326 e. The molecule has 4 N–H and O–H groups in total. The zero-order valence-corrected chi connectivity index (χ0v) is 9.61. The number of carbonyl (C=O) groups excluding carboxylic acids is 1. The number of aromatic nitrogens is 2. The van der Waals surface area contributed by atoms with Crippen molar-refractivity contribution in [2.75, 3.05) is 0 Å². The SMILES string of the molecule is CC(C)CC(NC(=O)c1c[nH]c(=O)[nH]1)C(=O)O. The summed E-state index contributed by atoms with van der Waals surface area (Å²) < 4.78 is 0. The van der Waals surface area contributed by atoms with Crippen molar-refractivity contribution in [3.05, 3.63) is 22.4 Å². The lowest BCUT2D eigenvalue weighted by Crippen LogP contribution is -2.41. The number of aliphatic carboxylic acids is 1. The molecule has 94 valence electrons. The Hall–Kier alpha value is -2.05. The van der Waals surface area contributed by atoms with Crippen LogP contribution in [0.1, 0.15) is 30.8 Å². The van der Waals surface area contributed by atoms with Crippen molar-refractivity contribution in [3.63, 3.8) is 0 Å². The molecule has 7 nitrogen and oxygen atoms in total. The largest absolute Gasteiger partial charge is 0.480 e. The maximum atomic E-state index is 11.6. The summed E-state index contributed by atoms with van der Waals surface area (Å²) in [5.41, 5.74) is -0.490. The Morgan fingerprint density at radius 3 is 2.53 bits per heavy atom. The lowest BCUT2D eigenvalue weighted by molar-refractivity contribution is -0.139. The Balaban J connectivity index is 2.70. The monoisotopic (exact) mass is 241 g/mol.